The van der Waals surface area contributed by atoms with E-state index in [1.54, 1.807) is 32.0 Å². The van der Waals surface area contributed by atoms with Gasteiger partial charge in [-0.1, -0.05) is 17.3 Å². The van der Waals surface area contributed by atoms with Gasteiger partial charge in [-0.3, -0.25) is 0 Å². The molecule has 30 heavy (non-hydrogen) atoms. The van der Waals surface area contributed by atoms with E-state index in [4.69, 9.17) is 9.26 Å². The number of aryl methyl sites for hydroxylation is 2. The van der Waals surface area contributed by atoms with Crippen molar-refractivity contribution >= 4 is 10.0 Å². The van der Waals surface area contributed by atoms with Crippen molar-refractivity contribution in [2.75, 3.05) is 19.7 Å². The summed E-state index contributed by atoms with van der Waals surface area (Å²) in [6, 6.07) is 7.00. The fourth-order valence-corrected chi connectivity index (χ4v) is 6.07. The molecule has 2 atom stereocenters. The molecule has 2 N–H and O–H groups in total. The lowest BCUT2D eigenvalue weighted by Crippen LogP contribution is -2.59. The summed E-state index contributed by atoms with van der Waals surface area (Å²) in [5, 5.41) is 24.3. The van der Waals surface area contributed by atoms with Crippen LogP contribution in [0.5, 0.6) is 0 Å². The van der Waals surface area contributed by atoms with E-state index in [1.807, 2.05) is 13.0 Å². The highest BCUT2D eigenvalue weighted by Gasteiger charge is 2.49. The molecule has 2 saturated heterocycles. The summed E-state index contributed by atoms with van der Waals surface area (Å²) < 4.78 is 39.4. The first kappa shape index (κ1) is 21.5. The Labute approximate surface area is 176 Å². The van der Waals surface area contributed by atoms with E-state index < -0.39 is 27.3 Å². The molecule has 164 valence electrons. The van der Waals surface area contributed by atoms with Gasteiger partial charge in [0.2, 0.25) is 10.0 Å². The second kappa shape index (κ2) is 7.42. The van der Waals surface area contributed by atoms with Crippen molar-refractivity contribution in [1.82, 2.24) is 9.46 Å². The average molecular weight is 437 g/mol. The van der Waals surface area contributed by atoms with Crippen LogP contribution in [0, 0.1) is 13.8 Å². The molecular weight excluding hydrogens is 408 g/mol. The van der Waals surface area contributed by atoms with Crippen molar-refractivity contribution in [3.8, 4) is 11.3 Å². The summed E-state index contributed by atoms with van der Waals surface area (Å²) in [4.78, 5) is 0.247. The zero-order valence-electron chi connectivity index (χ0n) is 17.5. The summed E-state index contributed by atoms with van der Waals surface area (Å²) in [6.07, 6.45) is 0.286. The molecule has 8 nitrogen and oxygen atoms in total. The molecule has 0 bridgehead atoms. The lowest BCUT2D eigenvalue weighted by molar-refractivity contribution is -0.220. The van der Waals surface area contributed by atoms with Gasteiger partial charge in [0.25, 0.3) is 0 Å². The summed E-state index contributed by atoms with van der Waals surface area (Å²) >= 11 is 0. The largest absolute Gasteiger partial charge is 0.388 e. The first-order valence-electron chi connectivity index (χ1n) is 10.1. The normalized spacial score (nSPS) is 27.4. The highest BCUT2D eigenvalue weighted by Crippen LogP contribution is 2.41. The Morgan fingerprint density at radius 3 is 2.50 bits per heavy atom. The number of aromatic nitrogens is 1. The van der Waals surface area contributed by atoms with Gasteiger partial charge in [0.1, 0.15) is 6.10 Å². The molecule has 1 spiro atoms. The molecule has 0 amide bonds. The monoisotopic (exact) mass is 436 g/mol. The number of sulfonamides is 1. The van der Waals surface area contributed by atoms with Gasteiger partial charge in [0.05, 0.1) is 28.4 Å². The zero-order valence-corrected chi connectivity index (χ0v) is 18.3. The van der Waals surface area contributed by atoms with Crippen LogP contribution < -0.4 is 0 Å². The molecule has 3 heterocycles. The highest BCUT2D eigenvalue weighted by atomic mass is 32.2. The molecule has 2 aliphatic rings. The lowest BCUT2D eigenvalue weighted by atomic mass is 9.77. The van der Waals surface area contributed by atoms with E-state index >= 15 is 0 Å². The molecular formula is C21H28N2O6S. The number of aliphatic hydroxyl groups excluding tert-OH is 1. The van der Waals surface area contributed by atoms with Gasteiger partial charge in [0.15, 0.2) is 5.76 Å². The predicted molar refractivity (Wildman–Crippen MR) is 109 cm³/mol. The SMILES string of the molecule is Cc1cc(-c2ccc(C)c(S(=O)(=O)N3CCC4(CC3)C[C@](C)(O)[C@@H](O)CO4)c2)on1. The minimum absolute atomic E-state index is 0.0531. The van der Waals surface area contributed by atoms with Crippen LogP contribution in [0.2, 0.25) is 0 Å². The fraction of sp³-hybridized carbons (Fsp3) is 0.571. The molecule has 9 heteroatoms. The Kier molecular flexibility index (Phi) is 5.31. The van der Waals surface area contributed by atoms with Crippen LogP contribution in [-0.4, -0.2) is 65.1 Å². The summed E-state index contributed by atoms with van der Waals surface area (Å²) in [7, 11) is -3.71. The minimum atomic E-state index is -3.71. The third-order valence-corrected chi connectivity index (χ3v) is 8.34. The number of piperidine rings is 1. The number of benzene rings is 1. The molecule has 0 radical (unpaired) electrons. The Morgan fingerprint density at radius 1 is 1.20 bits per heavy atom. The van der Waals surface area contributed by atoms with Gasteiger partial charge in [-0.05, 0) is 45.2 Å². The minimum Gasteiger partial charge on any atom is -0.388 e. The van der Waals surface area contributed by atoms with E-state index in [0.717, 1.165) is 5.69 Å². The zero-order chi connectivity index (χ0) is 21.7. The van der Waals surface area contributed by atoms with E-state index in [1.165, 1.54) is 4.31 Å². The van der Waals surface area contributed by atoms with Crippen molar-refractivity contribution in [2.24, 2.45) is 0 Å². The Balaban J connectivity index is 1.55. The van der Waals surface area contributed by atoms with Crippen LogP contribution in [0.25, 0.3) is 11.3 Å². The molecule has 4 rings (SSSR count). The molecule has 1 aromatic carbocycles. The van der Waals surface area contributed by atoms with Crippen LogP contribution >= 0.6 is 0 Å². The number of nitrogens with zero attached hydrogens (tertiary/aromatic N) is 2. The number of rotatable bonds is 3. The van der Waals surface area contributed by atoms with E-state index in [0.29, 0.717) is 42.8 Å². The molecule has 1 aromatic heterocycles. The third-order valence-electron chi connectivity index (χ3n) is 6.30. The molecule has 0 saturated carbocycles. The Hall–Kier alpha value is -1.78. The van der Waals surface area contributed by atoms with Crippen molar-refractivity contribution < 1.29 is 27.9 Å². The Morgan fingerprint density at radius 2 is 1.90 bits per heavy atom. The van der Waals surface area contributed by atoms with E-state index in [2.05, 4.69) is 5.16 Å². The highest BCUT2D eigenvalue weighted by molar-refractivity contribution is 7.89. The first-order chi connectivity index (χ1) is 14.0. The number of hydrogen-bond donors (Lipinski definition) is 2. The third kappa shape index (κ3) is 3.80. The second-order valence-corrected chi connectivity index (χ2v) is 10.7. The summed E-state index contributed by atoms with van der Waals surface area (Å²) in [5.41, 5.74) is 0.205. The molecule has 0 aliphatic carbocycles. The van der Waals surface area contributed by atoms with Crippen LogP contribution in [0.1, 0.15) is 37.4 Å². The summed E-state index contributed by atoms with van der Waals surface area (Å²) in [6.45, 7) is 5.82. The van der Waals surface area contributed by atoms with Crippen LogP contribution in [0.3, 0.4) is 0 Å². The molecule has 0 unspecified atom stereocenters. The van der Waals surface area contributed by atoms with E-state index in [9.17, 15) is 18.6 Å². The average Bonchev–Trinajstić information content (AvgIpc) is 3.12. The fourth-order valence-electron chi connectivity index (χ4n) is 4.38. The lowest BCUT2D eigenvalue weighted by Gasteiger charge is -2.49. The van der Waals surface area contributed by atoms with Gasteiger partial charge < -0.3 is 19.5 Å². The number of ether oxygens (including phenoxy) is 1. The standard InChI is InChI=1S/C21H28N2O6S/c1-14-4-5-16(17-10-15(2)22-29-17)11-18(14)30(26,27)23-8-6-21(7-9-23)13-20(3,25)19(24)12-28-21/h4-5,10-11,19,24-25H,6-9,12-13H2,1-3H3/t19-,20-/m0/s1. The number of aliphatic hydroxyl groups is 2. The van der Waals surface area contributed by atoms with Gasteiger partial charge in [-0.25, -0.2) is 8.42 Å². The van der Waals surface area contributed by atoms with Crippen molar-refractivity contribution in [3.63, 3.8) is 0 Å². The predicted octanol–water partition coefficient (Wildman–Crippen LogP) is 2.01. The van der Waals surface area contributed by atoms with E-state index in [-0.39, 0.29) is 17.9 Å². The molecule has 2 fully saturated rings. The second-order valence-electron chi connectivity index (χ2n) is 8.76. The van der Waals surface area contributed by atoms with Gasteiger partial charge in [-0.15, -0.1) is 0 Å². The topological polar surface area (TPSA) is 113 Å². The maximum Gasteiger partial charge on any atom is 0.243 e. The van der Waals surface area contributed by atoms with Crippen LogP contribution in [0.15, 0.2) is 33.7 Å². The van der Waals surface area contributed by atoms with Crippen molar-refractivity contribution in [2.45, 2.75) is 62.2 Å². The first-order valence-corrected chi connectivity index (χ1v) is 11.6. The Bertz CT molecular complexity index is 1040. The van der Waals surface area contributed by atoms with Crippen molar-refractivity contribution in [1.29, 1.82) is 0 Å². The maximum absolute atomic E-state index is 13.4. The van der Waals surface area contributed by atoms with Crippen LogP contribution in [-0.2, 0) is 14.8 Å². The molecule has 2 aromatic rings. The van der Waals surface area contributed by atoms with Crippen molar-refractivity contribution in [3.05, 3.63) is 35.5 Å². The quantitative estimate of drug-likeness (QED) is 0.757. The van der Waals surface area contributed by atoms with Gasteiger partial charge in [-0.2, -0.15) is 4.31 Å². The van der Waals surface area contributed by atoms with Gasteiger partial charge >= 0.3 is 0 Å². The molecule has 2 aliphatic heterocycles. The smallest absolute Gasteiger partial charge is 0.243 e. The number of hydrogen-bond acceptors (Lipinski definition) is 7. The maximum atomic E-state index is 13.4. The van der Waals surface area contributed by atoms with Crippen LogP contribution in [0.4, 0.5) is 0 Å². The summed E-state index contributed by atoms with van der Waals surface area (Å²) in [5.74, 6) is 0.526. The van der Waals surface area contributed by atoms with Gasteiger partial charge in [0, 0.05) is 31.1 Å².